The van der Waals surface area contributed by atoms with Gasteiger partial charge in [0, 0.05) is 18.7 Å². The summed E-state index contributed by atoms with van der Waals surface area (Å²) < 4.78 is 13.2. The third-order valence-corrected chi connectivity index (χ3v) is 3.48. The molecule has 1 amide bonds. The summed E-state index contributed by atoms with van der Waals surface area (Å²) in [7, 11) is 0. The summed E-state index contributed by atoms with van der Waals surface area (Å²) in [5.74, 6) is -0.0987. The second kappa shape index (κ2) is 8.72. The van der Waals surface area contributed by atoms with Gasteiger partial charge in [-0.15, -0.1) is 0 Å². The topological polar surface area (TPSA) is 20.3 Å². The van der Waals surface area contributed by atoms with Crippen LogP contribution in [0, 0.1) is 12.7 Å². The lowest BCUT2D eigenvalue weighted by Crippen LogP contribution is -2.32. The van der Waals surface area contributed by atoms with Crippen molar-refractivity contribution in [3.05, 3.63) is 29.6 Å². The summed E-state index contributed by atoms with van der Waals surface area (Å²) in [6.45, 7) is 6.81. The maximum absolute atomic E-state index is 13.2. The molecule has 0 aliphatic rings. The van der Waals surface area contributed by atoms with Gasteiger partial charge in [0.2, 0.25) is 5.91 Å². The number of aryl methyl sites for hydroxylation is 1. The highest BCUT2D eigenvalue weighted by Crippen LogP contribution is 2.23. The molecular formula is C17H26FNO. The average Bonchev–Trinajstić information content (AvgIpc) is 2.42. The van der Waals surface area contributed by atoms with E-state index in [0.29, 0.717) is 6.42 Å². The summed E-state index contributed by atoms with van der Waals surface area (Å²) in [5.41, 5.74) is 1.68. The summed E-state index contributed by atoms with van der Waals surface area (Å²) in [6.07, 6.45) is 5.71. The Kier molecular flexibility index (Phi) is 7.27. The summed E-state index contributed by atoms with van der Waals surface area (Å²) in [4.78, 5) is 14.2. The maximum atomic E-state index is 13.2. The Morgan fingerprint density at radius 2 is 1.85 bits per heavy atom. The van der Waals surface area contributed by atoms with Gasteiger partial charge >= 0.3 is 0 Å². The molecule has 0 atom stereocenters. The van der Waals surface area contributed by atoms with Crippen LogP contribution in [0.3, 0.4) is 0 Å². The Hall–Kier alpha value is -1.38. The lowest BCUT2D eigenvalue weighted by Gasteiger charge is -2.24. The van der Waals surface area contributed by atoms with Crippen LogP contribution in [0.15, 0.2) is 18.2 Å². The molecule has 1 aromatic rings. The molecule has 0 saturated heterocycles. The van der Waals surface area contributed by atoms with Crippen LogP contribution < -0.4 is 4.90 Å². The third kappa shape index (κ3) is 4.95. The molecule has 1 rings (SSSR count). The van der Waals surface area contributed by atoms with Crippen molar-refractivity contribution in [1.29, 1.82) is 0 Å². The number of amides is 1. The van der Waals surface area contributed by atoms with E-state index in [1.807, 2.05) is 11.8 Å². The van der Waals surface area contributed by atoms with Crippen LogP contribution in [-0.2, 0) is 4.79 Å². The number of carbonyl (C=O) groups excluding carboxylic acids is 1. The third-order valence-electron chi connectivity index (χ3n) is 3.48. The minimum absolute atomic E-state index is 0.151. The van der Waals surface area contributed by atoms with Crippen LogP contribution in [0.5, 0.6) is 0 Å². The first-order valence-electron chi connectivity index (χ1n) is 7.66. The first-order chi connectivity index (χ1) is 9.60. The van der Waals surface area contributed by atoms with Crippen LogP contribution in [0.25, 0.3) is 0 Å². The van der Waals surface area contributed by atoms with Crippen molar-refractivity contribution in [2.24, 2.45) is 0 Å². The molecule has 0 radical (unpaired) electrons. The molecule has 0 bridgehead atoms. The van der Waals surface area contributed by atoms with Gasteiger partial charge in [-0.1, -0.05) is 33.1 Å². The number of anilines is 1. The number of benzene rings is 1. The van der Waals surface area contributed by atoms with Gasteiger partial charge in [-0.25, -0.2) is 4.39 Å². The first kappa shape index (κ1) is 16.7. The van der Waals surface area contributed by atoms with E-state index < -0.39 is 0 Å². The van der Waals surface area contributed by atoms with E-state index in [-0.39, 0.29) is 11.7 Å². The fourth-order valence-electron chi connectivity index (χ4n) is 2.28. The molecule has 0 aliphatic heterocycles. The van der Waals surface area contributed by atoms with Crippen LogP contribution in [0.4, 0.5) is 10.1 Å². The lowest BCUT2D eigenvalue weighted by molar-refractivity contribution is -0.118. The molecule has 3 heteroatoms. The molecule has 0 fully saturated rings. The Labute approximate surface area is 122 Å². The highest BCUT2D eigenvalue weighted by Gasteiger charge is 2.16. The second-order valence-electron chi connectivity index (χ2n) is 5.29. The second-order valence-corrected chi connectivity index (χ2v) is 5.29. The van der Waals surface area contributed by atoms with Gasteiger partial charge in [-0.3, -0.25) is 4.79 Å². The highest BCUT2D eigenvalue weighted by atomic mass is 19.1. The van der Waals surface area contributed by atoms with Crippen molar-refractivity contribution in [3.8, 4) is 0 Å². The molecule has 112 valence electrons. The van der Waals surface area contributed by atoms with Gasteiger partial charge in [-0.05, 0) is 43.5 Å². The van der Waals surface area contributed by atoms with E-state index in [0.717, 1.165) is 49.9 Å². The quantitative estimate of drug-likeness (QED) is 0.623. The van der Waals surface area contributed by atoms with Crippen molar-refractivity contribution < 1.29 is 9.18 Å². The normalized spacial score (nSPS) is 10.6. The number of halogens is 1. The van der Waals surface area contributed by atoms with Crippen molar-refractivity contribution in [3.63, 3.8) is 0 Å². The molecule has 0 aromatic heterocycles. The van der Waals surface area contributed by atoms with Crippen molar-refractivity contribution in [2.45, 2.75) is 59.3 Å². The molecule has 0 aliphatic carbocycles. The van der Waals surface area contributed by atoms with E-state index in [1.165, 1.54) is 12.1 Å². The molecule has 20 heavy (non-hydrogen) atoms. The number of carbonyl (C=O) groups is 1. The first-order valence-corrected chi connectivity index (χ1v) is 7.66. The fourth-order valence-corrected chi connectivity index (χ4v) is 2.28. The number of rotatable bonds is 8. The molecule has 1 aromatic carbocycles. The van der Waals surface area contributed by atoms with E-state index in [9.17, 15) is 9.18 Å². The summed E-state index contributed by atoms with van der Waals surface area (Å²) in [5, 5.41) is 0. The minimum Gasteiger partial charge on any atom is -0.312 e. The maximum Gasteiger partial charge on any atom is 0.226 e. The van der Waals surface area contributed by atoms with Crippen molar-refractivity contribution >= 4 is 11.6 Å². The predicted octanol–water partition coefficient (Wildman–Crippen LogP) is 4.85. The summed E-state index contributed by atoms with van der Waals surface area (Å²) in [6, 6.07) is 4.65. The van der Waals surface area contributed by atoms with Crippen LogP contribution >= 0.6 is 0 Å². The Bertz CT molecular complexity index is 431. The van der Waals surface area contributed by atoms with Crippen molar-refractivity contribution in [1.82, 2.24) is 0 Å². The smallest absolute Gasteiger partial charge is 0.226 e. The monoisotopic (exact) mass is 279 g/mol. The van der Waals surface area contributed by atoms with Gasteiger partial charge in [-0.2, -0.15) is 0 Å². The van der Waals surface area contributed by atoms with E-state index >= 15 is 0 Å². The largest absolute Gasteiger partial charge is 0.312 e. The predicted molar refractivity (Wildman–Crippen MR) is 82.5 cm³/mol. The van der Waals surface area contributed by atoms with Crippen LogP contribution in [-0.4, -0.2) is 12.5 Å². The lowest BCUT2D eigenvalue weighted by atomic mass is 10.1. The highest BCUT2D eigenvalue weighted by molar-refractivity contribution is 5.94. The fraction of sp³-hybridized carbons (Fsp3) is 0.588. The van der Waals surface area contributed by atoms with Gasteiger partial charge in [0.15, 0.2) is 0 Å². The van der Waals surface area contributed by atoms with Gasteiger partial charge < -0.3 is 4.90 Å². The number of hydrogen-bond acceptors (Lipinski definition) is 1. The number of hydrogen-bond donors (Lipinski definition) is 0. The van der Waals surface area contributed by atoms with Crippen LogP contribution in [0.1, 0.15) is 57.9 Å². The van der Waals surface area contributed by atoms with Crippen molar-refractivity contribution in [2.75, 3.05) is 11.4 Å². The standard InChI is InChI=1S/C17H26FNO/c1-4-6-8-12-19(17(20)9-7-5-2)16-11-10-15(18)13-14(16)3/h10-11,13H,4-9,12H2,1-3H3. The van der Waals surface area contributed by atoms with E-state index in [2.05, 4.69) is 13.8 Å². The zero-order valence-corrected chi connectivity index (χ0v) is 12.9. The Morgan fingerprint density at radius 3 is 2.45 bits per heavy atom. The molecule has 0 saturated carbocycles. The van der Waals surface area contributed by atoms with Gasteiger partial charge in [0.05, 0.1) is 0 Å². The van der Waals surface area contributed by atoms with E-state index in [4.69, 9.17) is 0 Å². The average molecular weight is 279 g/mol. The minimum atomic E-state index is -0.249. The van der Waals surface area contributed by atoms with E-state index in [1.54, 1.807) is 6.07 Å². The molecule has 0 spiro atoms. The summed E-state index contributed by atoms with van der Waals surface area (Å²) >= 11 is 0. The molecule has 0 unspecified atom stereocenters. The van der Waals surface area contributed by atoms with Gasteiger partial charge in [0.1, 0.15) is 5.82 Å². The SMILES string of the molecule is CCCCCN(C(=O)CCCC)c1ccc(F)cc1C. The molecule has 2 nitrogen and oxygen atoms in total. The molecule has 0 heterocycles. The zero-order valence-electron chi connectivity index (χ0n) is 12.9. The number of unbranched alkanes of at least 4 members (excludes halogenated alkanes) is 3. The molecular weight excluding hydrogens is 253 g/mol. The number of nitrogens with zero attached hydrogens (tertiary/aromatic N) is 1. The van der Waals surface area contributed by atoms with Crippen LogP contribution in [0.2, 0.25) is 0 Å². The zero-order chi connectivity index (χ0) is 15.0. The van der Waals surface area contributed by atoms with Gasteiger partial charge in [0.25, 0.3) is 0 Å². The Balaban J connectivity index is 2.87. The Morgan fingerprint density at radius 1 is 1.15 bits per heavy atom. The molecule has 0 N–H and O–H groups in total.